The third-order valence-electron chi connectivity index (χ3n) is 6.45. The lowest BCUT2D eigenvalue weighted by molar-refractivity contribution is -0.146. The molecule has 0 saturated carbocycles. The molecular formula is C38H34O16. The van der Waals surface area contributed by atoms with Gasteiger partial charge in [-0.1, -0.05) is 38.4 Å². The van der Waals surface area contributed by atoms with Crippen LogP contribution in [0.25, 0.3) is 0 Å². The molecule has 0 fully saturated rings. The van der Waals surface area contributed by atoms with Gasteiger partial charge in [-0.3, -0.25) is 0 Å². The third kappa shape index (κ3) is 13.7. The summed E-state index contributed by atoms with van der Waals surface area (Å²) in [7, 11) is 0. The van der Waals surface area contributed by atoms with Crippen molar-refractivity contribution in [3.63, 3.8) is 0 Å². The number of benzene rings is 3. The van der Waals surface area contributed by atoms with E-state index in [0.717, 1.165) is 29.9 Å². The standard InChI is InChI=1S/C38H34O16/c1-5-33(39)50-21-46-29-15-11-26(19-31(29)48-23-52-35(41)7-3)37(43)45-18-17-25-9-13-28(14-10-25)54-38(44)27-12-16-30(47-22-51-34(40)6-2)32(20-27)49-24-53-36(42)8-4/h5-16,19-20H,1-4,17-18,21-24H2. The molecule has 0 N–H and O–H groups in total. The zero-order valence-electron chi connectivity index (χ0n) is 28.7. The van der Waals surface area contributed by atoms with Gasteiger partial charge in [-0.05, 0) is 54.1 Å². The molecule has 3 aromatic rings. The van der Waals surface area contributed by atoms with Gasteiger partial charge < -0.3 is 47.4 Å². The molecule has 0 aromatic heterocycles. The fourth-order valence-corrected chi connectivity index (χ4v) is 3.81. The van der Waals surface area contributed by atoms with Gasteiger partial charge in [0.25, 0.3) is 0 Å². The second-order valence-corrected chi connectivity index (χ2v) is 9.96. The van der Waals surface area contributed by atoms with Gasteiger partial charge in [-0.15, -0.1) is 0 Å². The maximum absolute atomic E-state index is 12.9. The molecule has 0 spiro atoms. The highest BCUT2D eigenvalue weighted by atomic mass is 16.7. The zero-order valence-corrected chi connectivity index (χ0v) is 28.7. The van der Waals surface area contributed by atoms with E-state index in [9.17, 15) is 28.8 Å². The number of ether oxygens (including phenoxy) is 10. The summed E-state index contributed by atoms with van der Waals surface area (Å²) in [6, 6.07) is 14.5. The van der Waals surface area contributed by atoms with E-state index in [-0.39, 0.29) is 46.5 Å². The topological polar surface area (TPSA) is 195 Å². The summed E-state index contributed by atoms with van der Waals surface area (Å²) in [5, 5.41) is 0. The lowest BCUT2D eigenvalue weighted by Gasteiger charge is -2.14. The highest BCUT2D eigenvalue weighted by Gasteiger charge is 2.17. The summed E-state index contributed by atoms with van der Waals surface area (Å²) < 4.78 is 51.7. The van der Waals surface area contributed by atoms with Crippen LogP contribution in [0.1, 0.15) is 26.3 Å². The van der Waals surface area contributed by atoms with Gasteiger partial charge in [0.15, 0.2) is 23.0 Å². The molecule has 0 aliphatic heterocycles. The summed E-state index contributed by atoms with van der Waals surface area (Å²) in [6.45, 7) is 11.1. The molecule has 0 unspecified atom stereocenters. The molecule has 0 radical (unpaired) electrons. The Hall–Kier alpha value is -7.36. The largest absolute Gasteiger partial charge is 0.462 e. The van der Waals surface area contributed by atoms with E-state index in [1.165, 1.54) is 36.4 Å². The fraction of sp³-hybridized carbons (Fsp3) is 0.158. The van der Waals surface area contributed by atoms with E-state index < -0.39 is 63.0 Å². The van der Waals surface area contributed by atoms with E-state index in [2.05, 4.69) is 26.3 Å². The van der Waals surface area contributed by atoms with Gasteiger partial charge in [-0.2, -0.15) is 0 Å². The van der Waals surface area contributed by atoms with Crippen molar-refractivity contribution in [1.29, 1.82) is 0 Å². The van der Waals surface area contributed by atoms with Gasteiger partial charge in [0.05, 0.1) is 17.7 Å². The first-order chi connectivity index (χ1) is 26.1. The summed E-state index contributed by atoms with van der Waals surface area (Å²) in [5.41, 5.74) is 0.880. The molecular weight excluding hydrogens is 712 g/mol. The van der Waals surface area contributed by atoms with Crippen molar-refractivity contribution < 1.29 is 76.1 Å². The van der Waals surface area contributed by atoms with Crippen molar-refractivity contribution in [3.8, 4) is 28.7 Å². The van der Waals surface area contributed by atoms with Crippen molar-refractivity contribution in [1.82, 2.24) is 0 Å². The molecule has 0 aliphatic carbocycles. The van der Waals surface area contributed by atoms with E-state index in [0.29, 0.717) is 6.42 Å². The molecule has 282 valence electrons. The van der Waals surface area contributed by atoms with Crippen LogP contribution < -0.4 is 23.7 Å². The van der Waals surface area contributed by atoms with Crippen molar-refractivity contribution in [2.24, 2.45) is 0 Å². The fourth-order valence-electron chi connectivity index (χ4n) is 3.81. The number of esters is 6. The van der Waals surface area contributed by atoms with Crippen LogP contribution in [0, 0.1) is 0 Å². The second kappa shape index (κ2) is 21.8. The first-order valence-electron chi connectivity index (χ1n) is 15.5. The van der Waals surface area contributed by atoms with Gasteiger partial charge >= 0.3 is 35.8 Å². The summed E-state index contributed by atoms with van der Waals surface area (Å²) in [6.07, 6.45) is 4.09. The summed E-state index contributed by atoms with van der Waals surface area (Å²) in [4.78, 5) is 71.1. The summed E-state index contributed by atoms with van der Waals surface area (Å²) in [5.74, 6) is -4.07. The average molecular weight is 747 g/mol. The molecule has 16 nitrogen and oxygen atoms in total. The molecule has 0 bridgehead atoms. The smallest absolute Gasteiger partial charge is 0.343 e. The Kier molecular flexibility index (Phi) is 16.6. The molecule has 54 heavy (non-hydrogen) atoms. The quantitative estimate of drug-likeness (QED) is 0.0456. The lowest BCUT2D eigenvalue weighted by atomic mass is 10.1. The molecule has 0 saturated heterocycles. The van der Waals surface area contributed by atoms with Crippen molar-refractivity contribution >= 4 is 35.8 Å². The maximum Gasteiger partial charge on any atom is 0.343 e. The molecule has 3 aromatic carbocycles. The van der Waals surface area contributed by atoms with Crippen LogP contribution >= 0.6 is 0 Å². The molecule has 0 amide bonds. The minimum Gasteiger partial charge on any atom is -0.462 e. The van der Waals surface area contributed by atoms with Crippen LogP contribution in [0.2, 0.25) is 0 Å². The predicted molar refractivity (Wildman–Crippen MR) is 185 cm³/mol. The molecule has 0 atom stereocenters. The highest BCUT2D eigenvalue weighted by molar-refractivity contribution is 5.92. The van der Waals surface area contributed by atoms with Gasteiger partial charge in [0.1, 0.15) is 5.75 Å². The van der Waals surface area contributed by atoms with Crippen LogP contribution in [0.4, 0.5) is 0 Å². The van der Waals surface area contributed by atoms with E-state index in [1.54, 1.807) is 24.3 Å². The van der Waals surface area contributed by atoms with Gasteiger partial charge in [0.2, 0.25) is 27.2 Å². The second-order valence-electron chi connectivity index (χ2n) is 9.96. The monoisotopic (exact) mass is 746 g/mol. The van der Waals surface area contributed by atoms with Crippen LogP contribution in [0.15, 0.2) is 111 Å². The number of carbonyl (C=O) groups is 6. The Morgan fingerprint density at radius 1 is 0.463 bits per heavy atom. The Morgan fingerprint density at radius 2 is 0.852 bits per heavy atom. The van der Waals surface area contributed by atoms with Crippen molar-refractivity contribution in [3.05, 3.63) is 128 Å². The average Bonchev–Trinajstić information content (AvgIpc) is 3.18. The molecule has 0 aliphatic rings. The zero-order chi connectivity index (χ0) is 39.3. The van der Waals surface area contributed by atoms with E-state index >= 15 is 0 Å². The summed E-state index contributed by atoms with van der Waals surface area (Å²) >= 11 is 0. The van der Waals surface area contributed by atoms with Crippen molar-refractivity contribution in [2.45, 2.75) is 6.42 Å². The van der Waals surface area contributed by atoms with E-state index in [1.807, 2.05) is 0 Å². The number of rotatable bonds is 22. The highest BCUT2D eigenvalue weighted by Crippen LogP contribution is 2.30. The lowest BCUT2D eigenvalue weighted by Crippen LogP contribution is -2.13. The Balaban J connectivity index is 1.58. The van der Waals surface area contributed by atoms with Gasteiger partial charge in [-0.25, -0.2) is 28.8 Å². The number of carbonyl (C=O) groups excluding carboxylic acids is 6. The Bertz CT molecular complexity index is 1860. The molecule has 3 rings (SSSR count). The Labute approximate surface area is 308 Å². The minimum absolute atomic E-state index is 0.00491. The SMILES string of the molecule is C=CC(=O)OCOc1ccc(C(=O)OCCc2ccc(OC(=O)c3ccc(OCOC(=O)C=C)c(OCOC(=O)C=C)c3)cc2)cc1OCOC(=O)C=C. The first-order valence-corrected chi connectivity index (χ1v) is 15.5. The Morgan fingerprint density at radius 3 is 1.26 bits per heavy atom. The van der Waals surface area contributed by atoms with Crippen LogP contribution in [-0.4, -0.2) is 69.6 Å². The van der Waals surface area contributed by atoms with Crippen LogP contribution in [0.5, 0.6) is 28.7 Å². The molecule has 16 heteroatoms. The maximum atomic E-state index is 12.9. The van der Waals surface area contributed by atoms with Crippen molar-refractivity contribution in [2.75, 3.05) is 33.8 Å². The molecule has 0 heterocycles. The first kappa shape index (κ1) is 41.1. The van der Waals surface area contributed by atoms with E-state index in [4.69, 9.17) is 47.4 Å². The van der Waals surface area contributed by atoms with Crippen LogP contribution in [-0.2, 0) is 49.3 Å². The number of hydrogen-bond donors (Lipinski definition) is 0. The predicted octanol–water partition coefficient (Wildman–Crippen LogP) is 4.57. The normalized spacial score (nSPS) is 9.93. The van der Waals surface area contributed by atoms with Crippen LogP contribution in [0.3, 0.4) is 0 Å². The minimum atomic E-state index is -0.759. The van der Waals surface area contributed by atoms with Gasteiger partial charge in [0, 0.05) is 30.7 Å². The third-order valence-corrected chi connectivity index (χ3v) is 6.45. The number of hydrogen-bond acceptors (Lipinski definition) is 16.